The van der Waals surface area contributed by atoms with E-state index in [1.165, 1.54) is 10.6 Å². The Labute approximate surface area is 74.4 Å². The van der Waals surface area contributed by atoms with Crippen LogP contribution in [0.2, 0.25) is 0 Å². The lowest BCUT2D eigenvalue weighted by molar-refractivity contribution is 0.470. The van der Waals surface area contributed by atoms with Gasteiger partial charge in [0.15, 0.2) is 0 Å². The highest BCUT2D eigenvalue weighted by Gasteiger charge is 2.11. The third-order valence-corrected chi connectivity index (χ3v) is 2.04. The Hall–Kier alpha value is -1.39. The van der Waals surface area contributed by atoms with Gasteiger partial charge in [-0.05, 0) is 6.42 Å². The van der Waals surface area contributed by atoms with E-state index in [-0.39, 0.29) is 11.3 Å². The topological polar surface area (TPSA) is 46.9 Å². The van der Waals surface area contributed by atoms with Crippen LogP contribution in [0.4, 0.5) is 10.3 Å². The Bertz CT molecular complexity index is 374. The number of nitrogens with zero attached hydrogens (tertiary/aromatic N) is 2. The van der Waals surface area contributed by atoms with Crippen LogP contribution in [-0.2, 0) is 13.2 Å². The molecule has 70 valence electrons. The molecule has 1 N–H and O–H groups in total. The van der Waals surface area contributed by atoms with Crippen molar-refractivity contribution in [3.8, 4) is 0 Å². The molecule has 1 aromatic heterocycles. The van der Waals surface area contributed by atoms with E-state index in [0.717, 1.165) is 13.0 Å². The molecule has 0 aromatic carbocycles. The molecule has 0 unspecified atom stereocenters. The summed E-state index contributed by atoms with van der Waals surface area (Å²) in [6.45, 7) is 0.771. The van der Waals surface area contributed by atoms with Crippen LogP contribution in [0.3, 0.4) is 0 Å². The summed E-state index contributed by atoms with van der Waals surface area (Å²) in [7, 11) is 0. The van der Waals surface area contributed by atoms with Crippen LogP contribution < -0.4 is 10.9 Å². The minimum atomic E-state index is -0.690. The first-order valence-electron chi connectivity index (χ1n) is 4.22. The SMILES string of the molecule is O=c1cc(CF)nc2n1CCCN2. The molecule has 0 amide bonds. The fourth-order valence-electron chi connectivity index (χ4n) is 1.41. The molecule has 0 aliphatic carbocycles. The lowest BCUT2D eigenvalue weighted by atomic mass is 10.3. The van der Waals surface area contributed by atoms with Crippen molar-refractivity contribution < 1.29 is 4.39 Å². The fraction of sp³-hybridized carbons (Fsp3) is 0.500. The van der Waals surface area contributed by atoms with Crippen LogP contribution in [0.25, 0.3) is 0 Å². The molecule has 4 nitrogen and oxygen atoms in total. The van der Waals surface area contributed by atoms with Crippen LogP contribution in [-0.4, -0.2) is 16.1 Å². The Morgan fingerprint density at radius 1 is 1.69 bits per heavy atom. The predicted molar refractivity (Wildman–Crippen MR) is 46.4 cm³/mol. The van der Waals surface area contributed by atoms with Gasteiger partial charge in [0.25, 0.3) is 5.56 Å². The van der Waals surface area contributed by atoms with Crippen LogP contribution in [0.15, 0.2) is 10.9 Å². The first-order chi connectivity index (χ1) is 6.31. The minimum absolute atomic E-state index is 0.176. The molecule has 0 saturated heterocycles. The van der Waals surface area contributed by atoms with Gasteiger partial charge in [0.05, 0.1) is 5.69 Å². The largest absolute Gasteiger partial charge is 0.355 e. The summed E-state index contributed by atoms with van der Waals surface area (Å²) in [6.07, 6.45) is 0.906. The Morgan fingerprint density at radius 3 is 3.31 bits per heavy atom. The van der Waals surface area contributed by atoms with Gasteiger partial charge in [-0.3, -0.25) is 9.36 Å². The van der Waals surface area contributed by atoms with Crippen LogP contribution in [0.5, 0.6) is 0 Å². The van der Waals surface area contributed by atoms with E-state index in [4.69, 9.17) is 0 Å². The average Bonchev–Trinajstić information content (AvgIpc) is 2.18. The van der Waals surface area contributed by atoms with E-state index in [1.54, 1.807) is 0 Å². The molecule has 1 aliphatic rings. The van der Waals surface area contributed by atoms with E-state index in [0.29, 0.717) is 12.5 Å². The molecule has 0 radical (unpaired) electrons. The van der Waals surface area contributed by atoms with E-state index in [1.807, 2.05) is 0 Å². The lowest BCUT2D eigenvalue weighted by Crippen LogP contribution is -2.30. The molecule has 5 heteroatoms. The second kappa shape index (κ2) is 3.16. The highest BCUT2D eigenvalue weighted by Crippen LogP contribution is 2.08. The second-order valence-electron chi connectivity index (χ2n) is 2.97. The Balaban J connectivity index is 2.53. The van der Waals surface area contributed by atoms with Crippen molar-refractivity contribution in [2.24, 2.45) is 0 Å². The standard InChI is InChI=1S/C8H10FN3O/c9-5-6-4-7(13)12-3-1-2-10-8(12)11-6/h4H,1-3,5H2,(H,10,11). The third kappa shape index (κ3) is 1.41. The first kappa shape index (κ1) is 8.22. The van der Waals surface area contributed by atoms with E-state index in [9.17, 15) is 9.18 Å². The highest BCUT2D eigenvalue weighted by molar-refractivity contribution is 5.28. The second-order valence-corrected chi connectivity index (χ2v) is 2.97. The van der Waals surface area contributed by atoms with Gasteiger partial charge in [-0.25, -0.2) is 9.37 Å². The molecule has 0 bridgehead atoms. The molecule has 1 aliphatic heterocycles. The van der Waals surface area contributed by atoms with Crippen LogP contribution >= 0.6 is 0 Å². The van der Waals surface area contributed by atoms with Gasteiger partial charge in [-0.2, -0.15) is 0 Å². The van der Waals surface area contributed by atoms with Crippen molar-refractivity contribution in [2.45, 2.75) is 19.6 Å². The lowest BCUT2D eigenvalue weighted by Gasteiger charge is -2.18. The molecule has 2 rings (SSSR count). The van der Waals surface area contributed by atoms with Crippen molar-refractivity contribution in [1.29, 1.82) is 0 Å². The van der Waals surface area contributed by atoms with Crippen molar-refractivity contribution in [3.63, 3.8) is 0 Å². The number of anilines is 1. The zero-order valence-corrected chi connectivity index (χ0v) is 7.09. The number of alkyl halides is 1. The number of rotatable bonds is 1. The maximum atomic E-state index is 12.2. The molecular weight excluding hydrogens is 173 g/mol. The maximum absolute atomic E-state index is 12.2. The van der Waals surface area contributed by atoms with Crippen molar-refractivity contribution in [3.05, 3.63) is 22.1 Å². The van der Waals surface area contributed by atoms with Crippen molar-refractivity contribution in [1.82, 2.24) is 9.55 Å². The number of hydrogen-bond donors (Lipinski definition) is 1. The van der Waals surface area contributed by atoms with E-state index >= 15 is 0 Å². The van der Waals surface area contributed by atoms with Gasteiger partial charge >= 0.3 is 0 Å². The van der Waals surface area contributed by atoms with Gasteiger partial charge in [0.2, 0.25) is 5.95 Å². The quantitative estimate of drug-likeness (QED) is 0.690. The number of nitrogens with one attached hydrogen (secondary N) is 1. The summed E-state index contributed by atoms with van der Waals surface area (Å²) in [6, 6.07) is 1.25. The molecule has 0 fully saturated rings. The van der Waals surface area contributed by atoms with Crippen molar-refractivity contribution in [2.75, 3.05) is 11.9 Å². The Morgan fingerprint density at radius 2 is 2.54 bits per heavy atom. The summed E-state index contributed by atoms with van der Waals surface area (Å²) in [4.78, 5) is 15.3. The number of halogens is 1. The molecular formula is C8H10FN3O. The number of hydrogen-bond acceptors (Lipinski definition) is 3. The number of fused-ring (bicyclic) bond motifs is 1. The van der Waals surface area contributed by atoms with Crippen molar-refractivity contribution >= 4 is 5.95 Å². The molecule has 13 heavy (non-hydrogen) atoms. The Kier molecular flexibility index (Phi) is 2.00. The summed E-state index contributed by atoms with van der Waals surface area (Å²) >= 11 is 0. The summed E-state index contributed by atoms with van der Waals surface area (Å²) < 4.78 is 13.8. The maximum Gasteiger partial charge on any atom is 0.255 e. The average molecular weight is 183 g/mol. The van der Waals surface area contributed by atoms with Gasteiger partial charge in [0, 0.05) is 19.2 Å². The fourth-order valence-corrected chi connectivity index (χ4v) is 1.41. The van der Waals surface area contributed by atoms with Gasteiger partial charge in [-0.1, -0.05) is 0 Å². The molecule has 2 heterocycles. The zero-order chi connectivity index (χ0) is 9.26. The van der Waals surface area contributed by atoms with Gasteiger partial charge in [-0.15, -0.1) is 0 Å². The van der Waals surface area contributed by atoms with Gasteiger partial charge in [0.1, 0.15) is 6.67 Å². The number of aromatic nitrogens is 2. The molecule has 1 aromatic rings. The zero-order valence-electron chi connectivity index (χ0n) is 7.09. The summed E-state index contributed by atoms with van der Waals surface area (Å²) in [5, 5.41) is 2.96. The molecule has 0 spiro atoms. The van der Waals surface area contributed by atoms with Gasteiger partial charge < -0.3 is 5.32 Å². The smallest absolute Gasteiger partial charge is 0.255 e. The van der Waals surface area contributed by atoms with E-state index in [2.05, 4.69) is 10.3 Å². The van der Waals surface area contributed by atoms with Crippen LogP contribution in [0, 0.1) is 0 Å². The third-order valence-electron chi connectivity index (χ3n) is 2.04. The summed E-state index contributed by atoms with van der Waals surface area (Å²) in [5.41, 5.74) is 0.0236. The monoisotopic (exact) mass is 183 g/mol. The molecule has 0 atom stereocenters. The highest BCUT2D eigenvalue weighted by atomic mass is 19.1. The minimum Gasteiger partial charge on any atom is -0.355 e. The first-order valence-corrected chi connectivity index (χ1v) is 4.22. The summed E-state index contributed by atoms with van der Waals surface area (Å²) in [5.74, 6) is 0.492. The van der Waals surface area contributed by atoms with Crippen LogP contribution in [0.1, 0.15) is 12.1 Å². The molecule has 0 saturated carbocycles. The predicted octanol–water partition coefficient (Wildman–Crippen LogP) is 0.528. The van der Waals surface area contributed by atoms with E-state index < -0.39 is 6.67 Å². The normalized spacial score (nSPS) is 14.8.